The summed E-state index contributed by atoms with van der Waals surface area (Å²) in [6.07, 6.45) is 4.06. The molecule has 10 nitrogen and oxygen atoms in total. The minimum Gasteiger partial charge on any atom is -0.505 e. The number of benzene rings is 1. The summed E-state index contributed by atoms with van der Waals surface area (Å²) in [6, 6.07) is 5.89. The number of phenols is 2. The molecule has 130 valence electrons. The minimum atomic E-state index is -0.588. The van der Waals surface area contributed by atoms with Crippen molar-refractivity contribution in [1.82, 2.24) is 19.7 Å². The van der Waals surface area contributed by atoms with Gasteiger partial charge in [0.05, 0.1) is 6.20 Å². The van der Waals surface area contributed by atoms with Gasteiger partial charge in [-0.1, -0.05) is 0 Å². The van der Waals surface area contributed by atoms with Crippen LogP contribution in [0, 0.1) is 11.3 Å². The van der Waals surface area contributed by atoms with Gasteiger partial charge in [-0.15, -0.1) is 0 Å². The molecule has 26 heavy (non-hydrogen) atoms. The van der Waals surface area contributed by atoms with Crippen molar-refractivity contribution >= 4 is 17.4 Å². The average molecular weight is 351 g/mol. The second-order valence-corrected chi connectivity index (χ2v) is 5.10. The monoisotopic (exact) mass is 351 g/mol. The summed E-state index contributed by atoms with van der Waals surface area (Å²) < 4.78 is 1.07. The van der Waals surface area contributed by atoms with E-state index in [1.54, 1.807) is 7.05 Å². The lowest BCUT2D eigenvalue weighted by atomic mass is 10.2. The molecular formula is C16H13N7O3. The molecule has 0 fully saturated rings. The lowest BCUT2D eigenvalue weighted by molar-refractivity contribution is 0.102. The molecule has 0 atom stereocenters. The zero-order chi connectivity index (χ0) is 18.7. The topological polar surface area (TPSA) is 149 Å². The molecule has 0 aliphatic heterocycles. The van der Waals surface area contributed by atoms with Crippen LogP contribution in [0.1, 0.15) is 16.2 Å². The van der Waals surface area contributed by atoms with Crippen molar-refractivity contribution in [2.75, 3.05) is 17.7 Å². The van der Waals surface area contributed by atoms with E-state index in [1.807, 2.05) is 6.07 Å². The summed E-state index contributed by atoms with van der Waals surface area (Å²) in [7, 11) is 1.63. The predicted molar refractivity (Wildman–Crippen MR) is 91.1 cm³/mol. The first-order chi connectivity index (χ1) is 12.5. The van der Waals surface area contributed by atoms with Crippen molar-refractivity contribution < 1.29 is 15.0 Å². The Morgan fingerprint density at radius 1 is 1.23 bits per heavy atom. The zero-order valence-electron chi connectivity index (χ0n) is 13.5. The number of nitriles is 1. The Kier molecular flexibility index (Phi) is 4.36. The van der Waals surface area contributed by atoms with Gasteiger partial charge in [0, 0.05) is 43.3 Å². The van der Waals surface area contributed by atoms with E-state index in [0.717, 1.165) is 4.68 Å². The van der Waals surface area contributed by atoms with E-state index in [2.05, 4.69) is 25.7 Å². The van der Waals surface area contributed by atoms with Gasteiger partial charge in [0.1, 0.15) is 29.1 Å². The van der Waals surface area contributed by atoms with Crippen molar-refractivity contribution in [3.05, 3.63) is 48.2 Å². The third-order valence-electron chi connectivity index (χ3n) is 3.43. The molecule has 2 aromatic heterocycles. The summed E-state index contributed by atoms with van der Waals surface area (Å²) in [5.74, 6) is -1.11. The Hall–Kier alpha value is -4.13. The minimum absolute atomic E-state index is 0.0176. The first-order valence-electron chi connectivity index (χ1n) is 7.35. The van der Waals surface area contributed by atoms with Gasteiger partial charge in [0.2, 0.25) is 0 Å². The standard InChI is InChI=1S/C16H13N7O3/c1-18-9-4-12(24)15(13(25)5-9)23-14(6-10(7-17)22-23)21-16(26)11-8-19-2-3-20-11/h2-6,8,18,24-25H,1H3,(H,21,26). The number of nitrogens with zero attached hydrogens (tertiary/aromatic N) is 5. The first-order valence-corrected chi connectivity index (χ1v) is 7.35. The molecule has 0 radical (unpaired) electrons. The molecule has 1 amide bonds. The molecule has 0 unspecified atom stereocenters. The molecule has 1 aromatic carbocycles. The van der Waals surface area contributed by atoms with Crippen molar-refractivity contribution in [1.29, 1.82) is 5.26 Å². The number of carbonyl (C=O) groups excluding carboxylic acids is 1. The van der Waals surface area contributed by atoms with E-state index in [9.17, 15) is 15.0 Å². The third-order valence-corrected chi connectivity index (χ3v) is 3.43. The maximum Gasteiger partial charge on any atom is 0.277 e. The summed E-state index contributed by atoms with van der Waals surface area (Å²) in [4.78, 5) is 20.0. The van der Waals surface area contributed by atoms with Crippen molar-refractivity contribution in [2.24, 2.45) is 0 Å². The second-order valence-electron chi connectivity index (χ2n) is 5.10. The van der Waals surface area contributed by atoms with Gasteiger partial charge in [0.15, 0.2) is 11.4 Å². The fourth-order valence-electron chi connectivity index (χ4n) is 2.26. The normalized spacial score (nSPS) is 10.2. The zero-order valence-corrected chi connectivity index (χ0v) is 13.5. The quantitative estimate of drug-likeness (QED) is 0.548. The molecule has 0 saturated carbocycles. The molecule has 3 aromatic rings. The van der Waals surface area contributed by atoms with Crippen LogP contribution < -0.4 is 10.6 Å². The average Bonchev–Trinajstić information content (AvgIpc) is 3.04. The number of hydrogen-bond donors (Lipinski definition) is 4. The van der Waals surface area contributed by atoms with Gasteiger partial charge >= 0.3 is 0 Å². The summed E-state index contributed by atoms with van der Waals surface area (Å²) in [5.41, 5.74) is 0.426. The number of anilines is 2. The molecule has 2 heterocycles. The number of nitrogens with one attached hydrogen (secondary N) is 2. The lowest BCUT2D eigenvalue weighted by Gasteiger charge is -2.13. The molecule has 0 aliphatic rings. The summed E-state index contributed by atoms with van der Waals surface area (Å²) >= 11 is 0. The van der Waals surface area contributed by atoms with Gasteiger partial charge in [-0.25, -0.2) is 9.67 Å². The summed E-state index contributed by atoms with van der Waals surface area (Å²) in [5, 5.41) is 38.9. The number of rotatable bonds is 4. The Morgan fingerprint density at radius 2 is 1.96 bits per heavy atom. The van der Waals surface area contributed by atoms with E-state index in [4.69, 9.17) is 5.26 Å². The molecule has 0 bridgehead atoms. The lowest BCUT2D eigenvalue weighted by Crippen LogP contribution is -2.16. The van der Waals surface area contributed by atoms with E-state index >= 15 is 0 Å². The van der Waals surface area contributed by atoms with Crippen LogP contribution in [0.2, 0.25) is 0 Å². The van der Waals surface area contributed by atoms with Gasteiger partial charge in [-0.2, -0.15) is 10.4 Å². The number of phenolic OH excluding ortho intramolecular Hbond substituents is 2. The van der Waals surface area contributed by atoms with Crippen LogP contribution in [0.5, 0.6) is 11.5 Å². The highest BCUT2D eigenvalue weighted by atomic mass is 16.3. The van der Waals surface area contributed by atoms with Crippen LogP contribution in [-0.2, 0) is 0 Å². The van der Waals surface area contributed by atoms with E-state index in [0.29, 0.717) is 5.69 Å². The molecule has 0 saturated heterocycles. The molecular weight excluding hydrogens is 338 g/mol. The van der Waals surface area contributed by atoms with Crippen molar-refractivity contribution in [3.63, 3.8) is 0 Å². The second kappa shape index (κ2) is 6.78. The smallest absolute Gasteiger partial charge is 0.277 e. The Labute approximate surface area is 147 Å². The van der Waals surface area contributed by atoms with Crippen LogP contribution in [-0.4, -0.2) is 42.9 Å². The maximum atomic E-state index is 12.3. The van der Waals surface area contributed by atoms with Crippen molar-refractivity contribution in [2.45, 2.75) is 0 Å². The van der Waals surface area contributed by atoms with Crippen LogP contribution in [0.4, 0.5) is 11.5 Å². The van der Waals surface area contributed by atoms with Crippen LogP contribution >= 0.6 is 0 Å². The Bertz CT molecular complexity index is 985. The van der Waals surface area contributed by atoms with Gasteiger partial charge in [0.25, 0.3) is 5.91 Å². The van der Waals surface area contributed by atoms with E-state index in [1.165, 1.54) is 36.8 Å². The van der Waals surface area contributed by atoms with E-state index in [-0.39, 0.29) is 34.4 Å². The maximum absolute atomic E-state index is 12.3. The van der Waals surface area contributed by atoms with E-state index < -0.39 is 5.91 Å². The van der Waals surface area contributed by atoms with Gasteiger partial charge in [-0.3, -0.25) is 9.78 Å². The highest BCUT2D eigenvalue weighted by molar-refractivity contribution is 6.02. The number of carbonyl (C=O) groups is 1. The molecule has 0 aliphatic carbocycles. The van der Waals surface area contributed by atoms with Gasteiger partial charge in [-0.05, 0) is 0 Å². The molecule has 10 heteroatoms. The fraction of sp³-hybridized carbons (Fsp3) is 0.0625. The highest BCUT2D eigenvalue weighted by Crippen LogP contribution is 2.36. The SMILES string of the molecule is CNc1cc(O)c(-n2nc(C#N)cc2NC(=O)c2cnccn2)c(O)c1. The third kappa shape index (κ3) is 3.09. The largest absolute Gasteiger partial charge is 0.505 e. The van der Waals surface area contributed by atoms with Crippen molar-refractivity contribution in [3.8, 4) is 23.3 Å². The number of amides is 1. The summed E-state index contributed by atoms with van der Waals surface area (Å²) in [6.45, 7) is 0. The number of aromatic nitrogens is 4. The molecule has 4 N–H and O–H groups in total. The molecule has 3 rings (SSSR count). The first kappa shape index (κ1) is 16.7. The number of aromatic hydroxyl groups is 2. The van der Waals surface area contributed by atoms with Crippen LogP contribution in [0.25, 0.3) is 5.69 Å². The van der Waals surface area contributed by atoms with Crippen LogP contribution in [0.3, 0.4) is 0 Å². The Balaban J connectivity index is 2.06. The number of hydrogen-bond acceptors (Lipinski definition) is 8. The van der Waals surface area contributed by atoms with Gasteiger partial charge < -0.3 is 20.8 Å². The predicted octanol–water partition coefficient (Wildman–Crippen LogP) is 1.24. The van der Waals surface area contributed by atoms with Crippen LogP contribution in [0.15, 0.2) is 36.8 Å². The molecule has 0 spiro atoms. The Morgan fingerprint density at radius 3 is 2.54 bits per heavy atom. The highest BCUT2D eigenvalue weighted by Gasteiger charge is 2.20. The fourth-order valence-corrected chi connectivity index (χ4v) is 2.26.